The second-order valence-electron chi connectivity index (χ2n) is 4.20. The fourth-order valence-corrected chi connectivity index (χ4v) is 2.77. The van der Waals surface area contributed by atoms with Crippen LogP contribution in [-0.2, 0) is 10.8 Å². The molecular formula is C16H15NO2S. The summed E-state index contributed by atoms with van der Waals surface area (Å²) in [6.45, 7) is 0.518. The summed E-state index contributed by atoms with van der Waals surface area (Å²) in [6, 6.07) is 18.5. The van der Waals surface area contributed by atoms with Crippen LogP contribution in [0.15, 0.2) is 59.5 Å². The maximum atomic E-state index is 12.0. The third-order valence-electron chi connectivity index (χ3n) is 2.73. The van der Waals surface area contributed by atoms with E-state index >= 15 is 0 Å². The van der Waals surface area contributed by atoms with Gasteiger partial charge in [0.15, 0.2) is 0 Å². The van der Waals surface area contributed by atoms with Crippen LogP contribution in [0.4, 0.5) is 0 Å². The molecule has 0 N–H and O–H groups in total. The highest BCUT2D eigenvalue weighted by molar-refractivity contribution is 7.85. The molecule has 0 spiro atoms. The molecule has 3 nitrogen and oxygen atoms in total. The molecule has 0 bridgehead atoms. The quantitative estimate of drug-likeness (QED) is 0.766. The fraction of sp³-hybridized carbons (Fsp3) is 0.188. The number of rotatable bonds is 6. The highest BCUT2D eigenvalue weighted by Crippen LogP contribution is 2.12. The van der Waals surface area contributed by atoms with Gasteiger partial charge in [0.05, 0.1) is 29.0 Å². The average Bonchev–Trinajstić information content (AvgIpc) is 2.53. The molecule has 0 fully saturated rings. The molecule has 2 aromatic carbocycles. The van der Waals surface area contributed by atoms with Crippen molar-refractivity contribution >= 4 is 10.8 Å². The summed E-state index contributed by atoms with van der Waals surface area (Å²) < 4.78 is 17.5. The summed E-state index contributed by atoms with van der Waals surface area (Å²) in [5.41, 5.74) is 0.613. The fourth-order valence-electron chi connectivity index (χ4n) is 1.70. The van der Waals surface area contributed by atoms with Crippen molar-refractivity contribution in [3.63, 3.8) is 0 Å². The van der Waals surface area contributed by atoms with Crippen molar-refractivity contribution in [3.8, 4) is 11.8 Å². The van der Waals surface area contributed by atoms with E-state index in [1.54, 1.807) is 24.3 Å². The smallest absolute Gasteiger partial charge is 0.119 e. The Hall–Kier alpha value is -2.12. The largest absolute Gasteiger partial charge is 0.494 e. The summed E-state index contributed by atoms with van der Waals surface area (Å²) >= 11 is 0. The van der Waals surface area contributed by atoms with Crippen molar-refractivity contribution in [1.82, 2.24) is 0 Å². The Balaban J connectivity index is 1.74. The molecule has 102 valence electrons. The first-order chi connectivity index (χ1) is 9.79. The summed E-state index contributed by atoms with van der Waals surface area (Å²) in [5.74, 6) is 1.31. The van der Waals surface area contributed by atoms with E-state index in [9.17, 15) is 4.21 Å². The summed E-state index contributed by atoms with van der Waals surface area (Å²) in [4.78, 5) is 0.853. The van der Waals surface area contributed by atoms with Crippen LogP contribution < -0.4 is 4.74 Å². The number of nitrogens with zero attached hydrogens (tertiary/aromatic N) is 1. The van der Waals surface area contributed by atoms with E-state index in [1.807, 2.05) is 30.3 Å². The zero-order chi connectivity index (χ0) is 14.2. The molecule has 0 heterocycles. The first-order valence-corrected chi connectivity index (χ1v) is 7.68. The molecule has 0 saturated carbocycles. The molecule has 1 atom stereocenters. The molecule has 2 aromatic rings. The molecule has 20 heavy (non-hydrogen) atoms. The average molecular weight is 285 g/mol. The number of hydrogen-bond acceptors (Lipinski definition) is 3. The van der Waals surface area contributed by atoms with Crippen LogP contribution in [0.2, 0.25) is 0 Å². The lowest BCUT2D eigenvalue weighted by atomic mass is 10.2. The van der Waals surface area contributed by atoms with E-state index in [2.05, 4.69) is 6.07 Å². The summed E-state index contributed by atoms with van der Waals surface area (Å²) in [6.07, 6.45) is 0.724. The van der Waals surface area contributed by atoms with Gasteiger partial charge in [0.25, 0.3) is 0 Å². The van der Waals surface area contributed by atoms with E-state index in [-0.39, 0.29) is 0 Å². The SMILES string of the molecule is N#Cc1ccc(OCCCS(=O)c2ccccc2)cc1. The minimum atomic E-state index is -0.969. The van der Waals surface area contributed by atoms with Gasteiger partial charge >= 0.3 is 0 Å². The van der Waals surface area contributed by atoms with Crippen molar-refractivity contribution in [3.05, 3.63) is 60.2 Å². The van der Waals surface area contributed by atoms with Crippen LogP contribution in [0.3, 0.4) is 0 Å². The maximum absolute atomic E-state index is 12.0. The molecule has 0 aliphatic heterocycles. The molecule has 4 heteroatoms. The Kier molecular flexibility index (Phi) is 5.33. The predicted octanol–water partition coefficient (Wildman–Crippen LogP) is 3.13. The third-order valence-corrected chi connectivity index (χ3v) is 4.19. The van der Waals surface area contributed by atoms with Crippen molar-refractivity contribution in [1.29, 1.82) is 5.26 Å². The lowest BCUT2D eigenvalue weighted by Crippen LogP contribution is -2.04. The highest BCUT2D eigenvalue weighted by atomic mass is 32.2. The van der Waals surface area contributed by atoms with Gasteiger partial charge in [-0.05, 0) is 42.8 Å². The highest BCUT2D eigenvalue weighted by Gasteiger charge is 2.02. The molecule has 0 aromatic heterocycles. The molecular weight excluding hydrogens is 270 g/mol. The Labute approximate surface area is 121 Å². The zero-order valence-corrected chi connectivity index (χ0v) is 11.8. The van der Waals surface area contributed by atoms with Gasteiger partial charge < -0.3 is 4.74 Å². The lowest BCUT2D eigenvalue weighted by Gasteiger charge is -2.06. The zero-order valence-electron chi connectivity index (χ0n) is 11.0. The van der Waals surface area contributed by atoms with Crippen molar-refractivity contribution < 1.29 is 8.95 Å². The molecule has 1 unspecified atom stereocenters. The Morgan fingerprint density at radius 3 is 2.40 bits per heavy atom. The molecule has 0 aliphatic carbocycles. The van der Waals surface area contributed by atoms with Crippen molar-refractivity contribution in [2.24, 2.45) is 0 Å². The second-order valence-corrected chi connectivity index (χ2v) is 5.77. The Morgan fingerprint density at radius 2 is 1.75 bits per heavy atom. The topological polar surface area (TPSA) is 50.1 Å². The number of hydrogen-bond donors (Lipinski definition) is 0. The second kappa shape index (κ2) is 7.46. The molecule has 0 saturated heterocycles. The first kappa shape index (κ1) is 14.3. The number of benzene rings is 2. The van der Waals surface area contributed by atoms with Crippen LogP contribution in [0.5, 0.6) is 5.75 Å². The van der Waals surface area contributed by atoms with Gasteiger partial charge in [0.1, 0.15) is 5.75 Å². The van der Waals surface area contributed by atoms with Crippen LogP contribution >= 0.6 is 0 Å². The van der Waals surface area contributed by atoms with Gasteiger partial charge in [-0.15, -0.1) is 0 Å². The van der Waals surface area contributed by atoms with E-state index in [0.717, 1.165) is 17.1 Å². The van der Waals surface area contributed by atoms with E-state index < -0.39 is 10.8 Å². The molecule has 0 aliphatic rings. The Morgan fingerprint density at radius 1 is 1.05 bits per heavy atom. The third kappa shape index (κ3) is 4.22. The normalized spacial score (nSPS) is 11.6. The van der Waals surface area contributed by atoms with Gasteiger partial charge in [-0.1, -0.05) is 18.2 Å². The van der Waals surface area contributed by atoms with Crippen LogP contribution in [-0.4, -0.2) is 16.6 Å². The summed E-state index contributed by atoms with van der Waals surface area (Å²) in [7, 11) is -0.969. The lowest BCUT2D eigenvalue weighted by molar-refractivity contribution is 0.318. The first-order valence-electron chi connectivity index (χ1n) is 6.36. The van der Waals surface area contributed by atoms with Crippen LogP contribution in [0, 0.1) is 11.3 Å². The van der Waals surface area contributed by atoms with E-state index in [4.69, 9.17) is 10.00 Å². The van der Waals surface area contributed by atoms with E-state index in [1.165, 1.54) is 0 Å². The number of ether oxygens (including phenoxy) is 1. The van der Waals surface area contributed by atoms with Gasteiger partial charge in [-0.3, -0.25) is 4.21 Å². The minimum Gasteiger partial charge on any atom is -0.494 e. The molecule has 0 radical (unpaired) electrons. The number of nitriles is 1. The van der Waals surface area contributed by atoms with Crippen LogP contribution in [0.1, 0.15) is 12.0 Å². The van der Waals surface area contributed by atoms with Gasteiger partial charge in [0, 0.05) is 10.6 Å². The standard InChI is InChI=1S/C16H15NO2S/c17-13-14-7-9-15(10-8-14)19-11-4-12-20(18)16-5-2-1-3-6-16/h1-3,5-10H,4,11-12H2. The molecule has 0 amide bonds. The summed E-state index contributed by atoms with van der Waals surface area (Å²) in [5, 5.41) is 8.69. The van der Waals surface area contributed by atoms with Gasteiger partial charge in [0.2, 0.25) is 0 Å². The molecule has 2 rings (SSSR count). The minimum absolute atomic E-state index is 0.518. The maximum Gasteiger partial charge on any atom is 0.119 e. The van der Waals surface area contributed by atoms with Crippen molar-refractivity contribution in [2.45, 2.75) is 11.3 Å². The van der Waals surface area contributed by atoms with Gasteiger partial charge in [-0.25, -0.2) is 0 Å². The van der Waals surface area contributed by atoms with E-state index in [0.29, 0.717) is 17.9 Å². The van der Waals surface area contributed by atoms with Gasteiger partial charge in [-0.2, -0.15) is 5.26 Å². The Bertz CT molecular complexity index is 603. The monoisotopic (exact) mass is 285 g/mol. The van der Waals surface area contributed by atoms with Crippen LogP contribution in [0.25, 0.3) is 0 Å². The predicted molar refractivity (Wildman–Crippen MR) is 79.0 cm³/mol. The van der Waals surface area contributed by atoms with Crippen molar-refractivity contribution in [2.75, 3.05) is 12.4 Å².